The minimum atomic E-state index is -0.354. The van der Waals surface area contributed by atoms with Crippen LogP contribution in [0.25, 0.3) is 5.69 Å². The number of benzene rings is 1. The molecule has 0 saturated heterocycles. The van der Waals surface area contributed by atoms with E-state index in [9.17, 15) is 4.79 Å². The highest BCUT2D eigenvalue weighted by molar-refractivity contribution is 5.92. The summed E-state index contributed by atoms with van der Waals surface area (Å²) >= 11 is 0. The number of rotatable bonds is 5. The first-order valence-corrected chi connectivity index (χ1v) is 7.13. The van der Waals surface area contributed by atoms with Gasteiger partial charge in [-0.15, -0.1) is 5.10 Å². The molecule has 3 rings (SSSR count). The number of hydrogen-bond donors (Lipinski definition) is 2. The summed E-state index contributed by atoms with van der Waals surface area (Å²) in [6, 6.07) is 9.49. The van der Waals surface area contributed by atoms with E-state index < -0.39 is 0 Å². The third-order valence-corrected chi connectivity index (χ3v) is 4.01. The summed E-state index contributed by atoms with van der Waals surface area (Å²) in [6.07, 6.45) is 3.71. The topological polar surface area (TPSA) is 85.8 Å². The molecular formula is C15H19N5O. The first kappa shape index (κ1) is 13.8. The largest absolute Gasteiger partial charge is 0.344 e. The van der Waals surface area contributed by atoms with E-state index in [4.69, 9.17) is 5.73 Å². The van der Waals surface area contributed by atoms with Crippen molar-refractivity contribution < 1.29 is 4.79 Å². The average Bonchev–Trinajstić information content (AvgIpc) is 3.26. The highest BCUT2D eigenvalue weighted by Gasteiger charge is 2.41. The highest BCUT2D eigenvalue weighted by Crippen LogP contribution is 2.39. The summed E-state index contributed by atoms with van der Waals surface area (Å²) in [5.41, 5.74) is 6.59. The van der Waals surface area contributed by atoms with Gasteiger partial charge in [0.05, 0.1) is 17.4 Å². The second kappa shape index (κ2) is 5.29. The van der Waals surface area contributed by atoms with Gasteiger partial charge in [0.1, 0.15) is 0 Å². The van der Waals surface area contributed by atoms with E-state index in [1.165, 1.54) is 11.0 Å². The summed E-state index contributed by atoms with van der Waals surface area (Å²) < 4.78 is 0. The molecule has 1 aliphatic carbocycles. The van der Waals surface area contributed by atoms with E-state index in [1.54, 1.807) is 0 Å². The third-order valence-electron chi connectivity index (χ3n) is 4.01. The molecule has 2 aromatic rings. The minimum Gasteiger partial charge on any atom is -0.344 e. The maximum absolute atomic E-state index is 12.3. The lowest BCUT2D eigenvalue weighted by atomic mass is 9.96. The molecule has 6 nitrogen and oxygen atoms in total. The third kappa shape index (κ3) is 2.80. The number of amides is 1. The molecule has 3 N–H and O–H groups in total. The van der Waals surface area contributed by atoms with E-state index >= 15 is 0 Å². The van der Waals surface area contributed by atoms with Crippen LogP contribution in [0.5, 0.6) is 0 Å². The van der Waals surface area contributed by atoms with Crippen LogP contribution in [0.4, 0.5) is 0 Å². The van der Waals surface area contributed by atoms with Crippen molar-refractivity contribution in [1.29, 1.82) is 0 Å². The van der Waals surface area contributed by atoms with Crippen LogP contribution in [0.1, 0.15) is 30.3 Å². The van der Waals surface area contributed by atoms with Crippen molar-refractivity contribution in [3.8, 4) is 5.69 Å². The Morgan fingerprint density at radius 3 is 2.76 bits per heavy atom. The van der Waals surface area contributed by atoms with Crippen LogP contribution >= 0.6 is 0 Å². The molecule has 1 aromatic heterocycles. The van der Waals surface area contributed by atoms with Crippen molar-refractivity contribution in [1.82, 2.24) is 20.3 Å². The second-order valence-electron chi connectivity index (χ2n) is 5.70. The van der Waals surface area contributed by atoms with Crippen molar-refractivity contribution in [2.24, 2.45) is 11.7 Å². The highest BCUT2D eigenvalue weighted by atomic mass is 16.2. The van der Waals surface area contributed by atoms with Gasteiger partial charge >= 0.3 is 0 Å². The van der Waals surface area contributed by atoms with Gasteiger partial charge in [-0.1, -0.05) is 18.2 Å². The summed E-state index contributed by atoms with van der Waals surface area (Å²) in [6.45, 7) is 2.42. The van der Waals surface area contributed by atoms with Crippen LogP contribution in [-0.4, -0.2) is 33.0 Å². The SMILES string of the molecule is CC(CN)(NC(=O)c1cnn(-c2ccccc2)n1)C1CC1. The van der Waals surface area contributed by atoms with E-state index in [-0.39, 0.29) is 11.4 Å². The lowest BCUT2D eigenvalue weighted by Gasteiger charge is -2.28. The predicted molar refractivity (Wildman–Crippen MR) is 79.0 cm³/mol. The van der Waals surface area contributed by atoms with Crippen LogP contribution in [-0.2, 0) is 0 Å². The summed E-state index contributed by atoms with van der Waals surface area (Å²) in [5, 5.41) is 11.4. The van der Waals surface area contributed by atoms with Crippen LogP contribution in [0.3, 0.4) is 0 Å². The molecule has 6 heteroatoms. The zero-order chi connectivity index (χ0) is 14.9. The molecule has 21 heavy (non-hydrogen) atoms. The monoisotopic (exact) mass is 285 g/mol. The molecule has 1 aromatic carbocycles. The van der Waals surface area contributed by atoms with Crippen LogP contribution < -0.4 is 11.1 Å². The minimum absolute atomic E-state index is 0.225. The van der Waals surface area contributed by atoms with Crippen LogP contribution in [0.15, 0.2) is 36.5 Å². The fourth-order valence-electron chi connectivity index (χ4n) is 2.42. The quantitative estimate of drug-likeness (QED) is 0.862. The number of para-hydroxylation sites is 1. The Hall–Kier alpha value is -2.21. The smallest absolute Gasteiger partial charge is 0.273 e. The molecular weight excluding hydrogens is 266 g/mol. The summed E-state index contributed by atoms with van der Waals surface area (Å²) in [5.74, 6) is 0.243. The lowest BCUT2D eigenvalue weighted by molar-refractivity contribution is 0.0892. The molecule has 1 heterocycles. The molecule has 0 aliphatic heterocycles. The average molecular weight is 285 g/mol. The molecule has 0 radical (unpaired) electrons. The van der Waals surface area contributed by atoms with Gasteiger partial charge in [0.25, 0.3) is 5.91 Å². The van der Waals surface area contributed by atoms with Gasteiger partial charge in [0.15, 0.2) is 5.69 Å². The van der Waals surface area contributed by atoms with Gasteiger partial charge in [-0.3, -0.25) is 4.79 Å². The van der Waals surface area contributed by atoms with Crippen LogP contribution in [0.2, 0.25) is 0 Å². The molecule has 110 valence electrons. The maximum Gasteiger partial charge on any atom is 0.273 e. The van der Waals surface area contributed by atoms with E-state index in [1.807, 2.05) is 37.3 Å². The Balaban J connectivity index is 1.75. The number of nitrogens with two attached hydrogens (primary N) is 1. The van der Waals surface area contributed by atoms with Crippen LogP contribution in [0, 0.1) is 5.92 Å². The lowest BCUT2D eigenvalue weighted by Crippen LogP contribution is -2.53. The Kier molecular flexibility index (Phi) is 3.47. The van der Waals surface area contributed by atoms with Crippen molar-refractivity contribution in [3.63, 3.8) is 0 Å². The molecule has 0 spiro atoms. The van der Waals surface area contributed by atoms with Gasteiger partial charge in [0.2, 0.25) is 0 Å². The molecule has 0 bridgehead atoms. The summed E-state index contributed by atoms with van der Waals surface area (Å²) in [4.78, 5) is 13.8. The van der Waals surface area contributed by atoms with E-state index in [0.29, 0.717) is 18.2 Å². The Bertz CT molecular complexity index is 635. The van der Waals surface area contributed by atoms with Crippen molar-refractivity contribution >= 4 is 5.91 Å². The number of aromatic nitrogens is 3. The number of nitrogens with zero attached hydrogens (tertiary/aromatic N) is 3. The standard InChI is InChI=1S/C15H19N5O/c1-15(10-16,11-7-8-11)18-14(21)13-9-17-20(19-13)12-5-3-2-4-6-12/h2-6,9,11H,7-8,10,16H2,1H3,(H,18,21). The summed E-state index contributed by atoms with van der Waals surface area (Å²) in [7, 11) is 0. The number of nitrogens with one attached hydrogen (secondary N) is 1. The number of carbonyl (C=O) groups excluding carboxylic acids is 1. The van der Waals surface area contributed by atoms with Crippen molar-refractivity contribution in [3.05, 3.63) is 42.2 Å². The molecule has 1 fully saturated rings. The van der Waals surface area contributed by atoms with Crippen molar-refractivity contribution in [2.45, 2.75) is 25.3 Å². The fourth-order valence-corrected chi connectivity index (χ4v) is 2.42. The molecule has 1 saturated carbocycles. The zero-order valence-electron chi connectivity index (χ0n) is 12.0. The zero-order valence-corrected chi connectivity index (χ0v) is 12.0. The Labute approximate surface area is 123 Å². The maximum atomic E-state index is 12.3. The normalized spacial score (nSPS) is 17.2. The number of carbonyl (C=O) groups is 1. The van der Waals surface area contributed by atoms with Gasteiger partial charge in [0, 0.05) is 6.54 Å². The van der Waals surface area contributed by atoms with E-state index in [0.717, 1.165) is 18.5 Å². The Morgan fingerprint density at radius 1 is 1.43 bits per heavy atom. The molecule has 1 amide bonds. The molecule has 1 aliphatic rings. The van der Waals surface area contributed by atoms with Gasteiger partial charge in [-0.05, 0) is 37.8 Å². The fraction of sp³-hybridized carbons (Fsp3) is 0.400. The number of hydrogen-bond acceptors (Lipinski definition) is 4. The first-order chi connectivity index (χ1) is 10.1. The second-order valence-corrected chi connectivity index (χ2v) is 5.70. The molecule has 1 atom stereocenters. The van der Waals surface area contributed by atoms with Crippen molar-refractivity contribution in [2.75, 3.05) is 6.54 Å². The van der Waals surface area contributed by atoms with Gasteiger partial charge in [-0.25, -0.2) is 0 Å². The predicted octanol–water partition coefficient (Wildman–Crippen LogP) is 1.12. The van der Waals surface area contributed by atoms with E-state index in [2.05, 4.69) is 15.5 Å². The van der Waals surface area contributed by atoms with Gasteiger partial charge < -0.3 is 11.1 Å². The van der Waals surface area contributed by atoms with Gasteiger partial charge in [-0.2, -0.15) is 9.90 Å². The first-order valence-electron chi connectivity index (χ1n) is 7.13. The molecule has 1 unspecified atom stereocenters. The Morgan fingerprint density at radius 2 is 2.14 bits per heavy atom.